The summed E-state index contributed by atoms with van der Waals surface area (Å²) in [4.78, 5) is 10.6. The second kappa shape index (κ2) is 18.5. The predicted octanol–water partition coefficient (Wildman–Crippen LogP) is 6.51. The fourth-order valence-corrected chi connectivity index (χ4v) is 3.02. The molecule has 1 amide bonds. The molecule has 0 spiro atoms. The summed E-state index contributed by atoms with van der Waals surface area (Å²) in [6.45, 7) is 2.28. The van der Waals surface area contributed by atoms with Crippen molar-refractivity contribution in [2.45, 2.75) is 122 Å². The first-order valence-electron chi connectivity index (χ1n) is 10.1. The first-order valence-corrected chi connectivity index (χ1v) is 10.1. The van der Waals surface area contributed by atoms with Gasteiger partial charge in [0.25, 0.3) is 0 Å². The van der Waals surface area contributed by atoms with E-state index in [4.69, 9.17) is 5.73 Å². The van der Waals surface area contributed by atoms with E-state index in [1.165, 1.54) is 103 Å². The van der Waals surface area contributed by atoms with Crippen molar-refractivity contribution in [2.75, 3.05) is 0 Å². The van der Waals surface area contributed by atoms with E-state index in [1.54, 1.807) is 0 Å². The van der Waals surface area contributed by atoms with E-state index in [-0.39, 0.29) is 5.91 Å². The maximum atomic E-state index is 10.6. The van der Waals surface area contributed by atoms with Crippen molar-refractivity contribution in [1.29, 1.82) is 0 Å². The fraction of sp³-hybridized carbons (Fsp3) is 0.950. The highest BCUT2D eigenvalue weighted by Gasteiger charge is 1.96. The molecule has 0 aliphatic heterocycles. The lowest BCUT2D eigenvalue weighted by Gasteiger charge is -2.03. The zero-order chi connectivity index (χ0) is 16.3. The van der Waals surface area contributed by atoms with Crippen LogP contribution in [0.1, 0.15) is 122 Å². The molecule has 132 valence electrons. The fourth-order valence-electron chi connectivity index (χ4n) is 3.02. The van der Waals surface area contributed by atoms with Crippen LogP contribution in [0.4, 0.5) is 0 Å². The number of carbonyl (C=O) groups is 1. The van der Waals surface area contributed by atoms with Crippen LogP contribution in [0.2, 0.25) is 0 Å². The number of primary amides is 1. The van der Waals surface area contributed by atoms with Crippen LogP contribution in [-0.4, -0.2) is 5.91 Å². The Balaban J connectivity index is 2.95. The van der Waals surface area contributed by atoms with E-state index < -0.39 is 0 Å². The van der Waals surface area contributed by atoms with Crippen LogP contribution < -0.4 is 5.73 Å². The monoisotopic (exact) mass is 311 g/mol. The van der Waals surface area contributed by atoms with Gasteiger partial charge in [0, 0.05) is 6.42 Å². The molecule has 0 aromatic heterocycles. The molecule has 0 saturated heterocycles. The summed E-state index contributed by atoms with van der Waals surface area (Å²) in [5.74, 6) is -0.152. The maximum Gasteiger partial charge on any atom is 0.217 e. The van der Waals surface area contributed by atoms with Gasteiger partial charge in [-0.25, -0.2) is 0 Å². The predicted molar refractivity (Wildman–Crippen MR) is 98.0 cm³/mol. The van der Waals surface area contributed by atoms with Gasteiger partial charge in [-0.1, -0.05) is 110 Å². The van der Waals surface area contributed by atoms with Crippen molar-refractivity contribution in [3.05, 3.63) is 0 Å². The third kappa shape index (κ3) is 19.5. The Bertz CT molecular complexity index is 228. The SMILES string of the molecule is CCCCCCCCCCCCCCCCCCCC(N)=O. The Hall–Kier alpha value is -0.530. The second-order valence-corrected chi connectivity index (χ2v) is 6.87. The highest BCUT2D eigenvalue weighted by atomic mass is 16.1. The number of hydrogen-bond donors (Lipinski definition) is 1. The topological polar surface area (TPSA) is 43.1 Å². The molecule has 2 nitrogen and oxygen atoms in total. The van der Waals surface area contributed by atoms with Crippen LogP contribution in [0.15, 0.2) is 0 Å². The van der Waals surface area contributed by atoms with Crippen molar-refractivity contribution in [2.24, 2.45) is 5.73 Å². The van der Waals surface area contributed by atoms with Crippen LogP contribution >= 0.6 is 0 Å². The van der Waals surface area contributed by atoms with E-state index in [0.717, 1.165) is 6.42 Å². The molecule has 0 unspecified atom stereocenters. The van der Waals surface area contributed by atoms with E-state index >= 15 is 0 Å². The van der Waals surface area contributed by atoms with Crippen LogP contribution in [0, 0.1) is 0 Å². The quantitative estimate of drug-likeness (QED) is 0.288. The maximum absolute atomic E-state index is 10.6. The summed E-state index contributed by atoms with van der Waals surface area (Å²) in [7, 11) is 0. The largest absolute Gasteiger partial charge is 0.370 e. The van der Waals surface area contributed by atoms with Crippen LogP contribution in [-0.2, 0) is 4.79 Å². The van der Waals surface area contributed by atoms with Gasteiger partial charge in [-0.2, -0.15) is 0 Å². The average Bonchev–Trinajstić information content (AvgIpc) is 2.50. The standard InChI is InChI=1S/C20H41NO/c1-2-3-4-5-6-7-8-9-10-11-12-13-14-15-16-17-18-19-20(21)22/h2-19H2,1H3,(H2,21,22). The summed E-state index contributed by atoms with van der Waals surface area (Å²) in [6.07, 6.45) is 23.8. The average molecular weight is 312 g/mol. The van der Waals surface area contributed by atoms with Crippen LogP contribution in [0.5, 0.6) is 0 Å². The molecule has 0 radical (unpaired) electrons. The van der Waals surface area contributed by atoms with Gasteiger partial charge in [-0.3, -0.25) is 4.79 Å². The Kier molecular flexibility index (Phi) is 18.1. The van der Waals surface area contributed by atoms with E-state index in [9.17, 15) is 4.79 Å². The molecule has 0 bridgehead atoms. The zero-order valence-electron chi connectivity index (χ0n) is 15.2. The summed E-state index contributed by atoms with van der Waals surface area (Å²) in [5.41, 5.74) is 5.12. The molecule has 2 N–H and O–H groups in total. The first kappa shape index (κ1) is 21.5. The summed E-state index contributed by atoms with van der Waals surface area (Å²) in [5, 5.41) is 0. The van der Waals surface area contributed by atoms with Crippen LogP contribution in [0.25, 0.3) is 0 Å². The zero-order valence-corrected chi connectivity index (χ0v) is 15.2. The summed E-state index contributed by atoms with van der Waals surface area (Å²) < 4.78 is 0. The number of rotatable bonds is 18. The Morgan fingerprint density at radius 3 is 1.09 bits per heavy atom. The molecular formula is C20H41NO. The molecule has 0 heterocycles. The van der Waals surface area contributed by atoms with Gasteiger partial charge < -0.3 is 5.73 Å². The van der Waals surface area contributed by atoms with Gasteiger partial charge in [0.05, 0.1) is 0 Å². The van der Waals surface area contributed by atoms with E-state index in [1.807, 2.05) is 0 Å². The normalized spacial score (nSPS) is 11.0. The number of hydrogen-bond acceptors (Lipinski definition) is 1. The molecular weight excluding hydrogens is 270 g/mol. The van der Waals surface area contributed by atoms with Crippen molar-refractivity contribution >= 4 is 5.91 Å². The van der Waals surface area contributed by atoms with Gasteiger partial charge in [0.2, 0.25) is 5.91 Å². The molecule has 0 aliphatic rings. The number of unbranched alkanes of at least 4 members (excludes halogenated alkanes) is 16. The highest BCUT2D eigenvalue weighted by Crippen LogP contribution is 2.14. The molecule has 0 aromatic rings. The van der Waals surface area contributed by atoms with Crippen molar-refractivity contribution < 1.29 is 4.79 Å². The number of carbonyl (C=O) groups excluding carboxylic acids is 1. The molecule has 2 heteroatoms. The van der Waals surface area contributed by atoms with E-state index in [2.05, 4.69) is 6.92 Å². The Labute approximate surface area is 139 Å². The lowest BCUT2D eigenvalue weighted by molar-refractivity contribution is -0.118. The minimum Gasteiger partial charge on any atom is -0.370 e. The minimum absolute atomic E-state index is 0.152. The molecule has 0 aromatic carbocycles. The molecule has 0 fully saturated rings. The third-order valence-corrected chi connectivity index (χ3v) is 4.53. The number of amides is 1. The van der Waals surface area contributed by atoms with Crippen molar-refractivity contribution in [1.82, 2.24) is 0 Å². The minimum atomic E-state index is -0.152. The molecule has 0 rings (SSSR count). The number of nitrogens with two attached hydrogens (primary N) is 1. The van der Waals surface area contributed by atoms with Crippen molar-refractivity contribution in [3.63, 3.8) is 0 Å². The lowest BCUT2D eigenvalue weighted by Crippen LogP contribution is -2.09. The first-order chi connectivity index (χ1) is 10.8. The summed E-state index contributed by atoms with van der Waals surface area (Å²) >= 11 is 0. The molecule has 0 atom stereocenters. The molecule has 0 aliphatic carbocycles. The van der Waals surface area contributed by atoms with Crippen LogP contribution in [0.3, 0.4) is 0 Å². The lowest BCUT2D eigenvalue weighted by atomic mass is 10.0. The van der Waals surface area contributed by atoms with Gasteiger partial charge in [-0.15, -0.1) is 0 Å². The molecule has 22 heavy (non-hydrogen) atoms. The van der Waals surface area contributed by atoms with Gasteiger partial charge in [-0.05, 0) is 6.42 Å². The van der Waals surface area contributed by atoms with Gasteiger partial charge in [0.15, 0.2) is 0 Å². The van der Waals surface area contributed by atoms with Crippen molar-refractivity contribution in [3.8, 4) is 0 Å². The van der Waals surface area contributed by atoms with Gasteiger partial charge >= 0.3 is 0 Å². The van der Waals surface area contributed by atoms with Gasteiger partial charge in [0.1, 0.15) is 0 Å². The molecule has 0 saturated carbocycles. The third-order valence-electron chi connectivity index (χ3n) is 4.53. The smallest absolute Gasteiger partial charge is 0.217 e. The Morgan fingerprint density at radius 1 is 0.545 bits per heavy atom. The Morgan fingerprint density at radius 2 is 0.818 bits per heavy atom. The van der Waals surface area contributed by atoms with E-state index in [0.29, 0.717) is 6.42 Å². The summed E-state index contributed by atoms with van der Waals surface area (Å²) in [6, 6.07) is 0. The second-order valence-electron chi connectivity index (χ2n) is 6.87. The highest BCUT2D eigenvalue weighted by molar-refractivity contribution is 5.73.